The molecule has 3 rings (SSSR count). The van der Waals surface area contributed by atoms with E-state index in [4.69, 9.17) is 0 Å². The summed E-state index contributed by atoms with van der Waals surface area (Å²) in [6.45, 7) is 0. The number of benzene rings is 1. The van der Waals surface area contributed by atoms with Gasteiger partial charge in [0.15, 0.2) is 0 Å². The van der Waals surface area contributed by atoms with Crippen LogP contribution >= 0.6 is 0 Å². The fraction of sp³-hybridized carbons (Fsp3) is 0.462. The van der Waals surface area contributed by atoms with Crippen LogP contribution in [0.3, 0.4) is 0 Å². The van der Waals surface area contributed by atoms with Crippen LogP contribution in [-0.2, 0) is 5.54 Å². The SMILES string of the molecule is O=C1NC2(CCCCC2)c2ccccc21. The van der Waals surface area contributed by atoms with Gasteiger partial charge in [0.25, 0.3) is 5.91 Å². The number of carbonyl (C=O) groups excluding carboxylic acids is 1. The van der Waals surface area contributed by atoms with Crippen molar-refractivity contribution in [2.24, 2.45) is 0 Å². The average Bonchev–Trinajstić information content (AvgIpc) is 2.55. The first-order valence-corrected chi connectivity index (χ1v) is 5.74. The monoisotopic (exact) mass is 201 g/mol. The van der Waals surface area contributed by atoms with Crippen molar-refractivity contribution in [1.82, 2.24) is 5.32 Å². The van der Waals surface area contributed by atoms with Crippen LogP contribution in [0.25, 0.3) is 0 Å². The Balaban J connectivity index is 2.10. The van der Waals surface area contributed by atoms with E-state index in [1.54, 1.807) is 0 Å². The minimum atomic E-state index is -0.0219. The molecule has 1 heterocycles. The molecule has 1 spiro atoms. The predicted octanol–water partition coefficient (Wildman–Crippen LogP) is 2.59. The van der Waals surface area contributed by atoms with Crippen molar-refractivity contribution in [3.05, 3.63) is 35.4 Å². The van der Waals surface area contributed by atoms with Crippen LogP contribution in [0.15, 0.2) is 24.3 Å². The summed E-state index contributed by atoms with van der Waals surface area (Å²) in [5, 5.41) is 3.20. The van der Waals surface area contributed by atoms with Crippen LogP contribution in [0.2, 0.25) is 0 Å². The Morgan fingerprint density at radius 2 is 1.80 bits per heavy atom. The van der Waals surface area contributed by atoms with Gasteiger partial charge in [-0.15, -0.1) is 0 Å². The minimum absolute atomic E-state index is 0.0219. The van der Waals surface area contributed by atoms with Gasteiger partial charge in [-0.05, 0) is 24.5 Å². The second-order valence-corrected chi connectivity index (χ2v) is 4.64. The van der Waals surface area contributed by atoms with Crippen molar-refractivity contribution < 1.29 is 4.79 Å². The number of carbonyl (C=O) groups is 1. The maximum atomic E-state index is 11.8. The third-order valence-electron chi connectivity index (χ3n) is 3.75. The summed E-state index contributed by atoms with van der Waals surface area (Å²) in [6, 6.07) is 8.03. The van der Waals surface area contributed by atoms with Crippen molar-refractivity contribution in [3.8, 4) is 0 Å². The number of amides is 1. The lowest BCUT2D eigenvalue weighted by Gasteiger charge is -2.34. The topological polar surface area (TPSA) is 29.1 Å². The van der Waals surface area contributed by atoms with Gasteiger partial charge in [0.2, 0.25) is 0 Å². The number of nitrogens with one attached hydrogen (secondary N) is 1. The van der Waals surface area contributed by atoms with Gasteiger partial charge in [-0.25, -0.2) is 0 Å². The predicted molar refractivity (Wildman–Crippen MR) is 58.7 cm³/mol. The van der Waals surface area contributed by atoms with E-state index in [0.717, 1.165) is 18.4 Å². The molecular formula is C13H15NO. The molecule has 2 aliphatic rings. The highest BCUT2D eigenvalue weighted by molar-refractivity contribution is 6.00. The molecule has 1 N–H and O–H groups in total. The van der Waals surface area contributed by atoms with E-state index in [9.17, 15) is 4.79 Å². The molecule has 1 saturated carbocycles. The Kier molecular flexibility index (Phi) is 1.84. The number of fused-ring (bicyclic) bond motifs is 2. The Morgan fingerprint density at radius 3 is 2.60 bits per heavy atom. The minimum Gasteiger partial charge on any atom is -0.342 e. The molecule has 1 aliphatic carbocycles. The lowest BCUT2D eigenvalue weighted by atomic mass is 9.77. The molecule has 0 bridgehead atoms. The standard InChI is InChI=1S/C13H15NO/c15-12-10-6-2-3-7-11(10)13(14-12)8-4-1-5-9-13/h2-3,6-7H,1,4-5,8-9H2,(H,14,15). The first kappa shape index (κ1) is 8.96. The van der Waals surface area contributed by atoms with Crippen LogP contribution < -0.4 is 5.32 Å². The fourth-order valence-electron chi connectivity index (χ4n) is 3.00. The van der Waals surface area contributed by atoms with Crippen LogP contribution in [-0.4, -0.2) is 5.91 Å². The molecule has 1 aromatic rings. The summed E-state index contributed by atoms with van der Waals surface area (Å²) >= 11 is 0. The molecule has 78 valence electrons. The zero-order valence-corrected chi connectivity index (χ0v) is 8.75. The van der Waals surface area contributed by atoms with E-state index >= 15 is 0 Å². The number of hydrogen-bond acceptors (Lipinski definition) is 1. The maximum absolute atomic E-state index is 11.8. The maximum Gasteiger partial charge on any atom is 0.252 e. The van der Waals surface area contributed by atoms with Gasteiger partial charge < -0.3 is 5.32 Å². The summed E-state index contributed by atoms with van der Waals surface area (Å²) in [6.07, 6.45) is 5.98. The number of rotatable bonds is 0. The van der Waals surface area contributed by atoms with Gasteiger partial charge in [0.05, 0.1) is 5.54 Å². The molecule has 0 atom stereocenters. The first-order valence-electron chi connectivity index (χ1n) is 5.74. The molecule has 15 heavy (non-hydrogen) atoms. The first-order chi connectivity index (χ1) is 7.32. The van der Waals surface area contributed by atoms with E-state index in [-0.39, 0.29) is 11.4 Å². The van der Waals surface area contributed by atoms with Crippen LogP contribution in [0.1, 0.15) is 48.0 Å². The van der Waals surface area contributed by atoms with E-state index < -0.39 is 0 Å². The van der Waals surface area contributed by atoms with E-state index in [1.807, 2.05) is 18.2 Å². The molecule has 1 aliphatic heterocycles. The van der Waals surface area contributed by atoms with Gasteiger partial charge in [0, 0.05) is 5.56 Å². The van der Waals surface area contributed by atoms with Crippen molar-refractivity contribution >= 4 is 5.91 Å². The van der Waals surface area contributed by atoms with Crippen molar-refractivity contribution in [2.75, 3.05) is 0 Å². The average molecular weight is 201 g/mol. The van der Waals surface area contributed by atoms with Gasteiger partial charge in [-0.3, -0.25) is 4.79 Å². The molecule has 1 fully saturated rings. The van der Waals surface area contributed by atoms with Crippen LogP contribution in [0, 0.1) is 0 Å². The Labute approximate surface area is 89.7 Å². The third kappa shape index (κ3) is 1.21. The Morgan fingerprint density at radius 1 is 1.07 bits per heavy atom. The van der Waals surface area contributed by atoms with Gasteiger partial charge in [-0.2, -0.15) is 0 Å². The fourth-order valence-corrected chi connectivity index (χ4v) is 3.00. The highest BCUT2D eigenvalue weighted by Gasteiger charge is 2.42. The molecule has 0 radical (unpaired) electrons. The largest absolute Gasteiger partial charge is 0.342 e. The van der Waals surface area contributed by atoms with E-state index in [0.29, 0.717) is 0 Å². The van der Waals surface area contributed by atoms with Gasteiger partial charge >= 0.3 is 0 Å². The third-order valence-corrected chi connectivity index (χ3v) is 3.75. The van der Waals surface area contributed by atoms with Gasteiger partial charge in [0.1, 0.15) is 0 Å². The second kappa shape index (κ2) is 3.09. The molecule has 0 aromatic heterocycles. The smallest absolute Gasteiger partial charge is 0.252 e. The summed E-state index contributed by atoms with van der Waals surface area (Å²) in [5.74, 6) is 0.118. The Hall–Kier alpha value is -1.31. The molecule has 1 aromatic carbocycles. The normalized spacial score (nSPS) is 22.5. The van der Waals surface area contributed by atoms with E-state index in [1.165, 1.54) is 24.8 Å². The lowest BCUT2D eigenvalue weighted by molar-refractivity contribution is 0.0909. The summed E-state index contributed by atoms with van der Waals surface area (Å²) in [7, 11) is 0. The highest BCUT2D eigenvalue weighted by Crippen LogP contribution is 2.42. The summed E-state index contributed by atoms with van der Waals surface area (Å²) in [5.41, 5.74) is 2.10. The van der Waals surface area contributed by atoms with Crippen molar-refractivity contribution in [3.63, 3.8) is 0 Å². The van der Waals surface area contributed by atoms with Crippen molar-refractivity contribution in [1.29, 1.82) is 0 Å². The lowest BCUT2D eigenvalue weighted by Crippen LogP contribution is -2.40. The van der Waals surface area contributed by atoms with Crippen LogP contribution in [0.4, 0.5) is 0 Å². The molecule has 2 nitrogen and oxygen atoms in total. The zero-order chi connectivity index (χ0) is 10.3. The molecule has 0 unspecified atom stereocenters. The summed E-state index contributed by atoms with van der Waals surface area (Å²) < 4.78 is 0. The highest BCUT2D eigenvalue weighted by atomic mass is 16.2. The quantitative estimate of drug-likeness (QED) is 0.686. The second-order valence-electron chi connectivity index (χ2n) is 4.64. The number of hydrogen-bond donors (Lipinski definition) is 1. The zero-order valence-electron chi connectivity index (χ0n) is 8.75. The van der Waals surface area contributed by atoms with Gasteiger partial charge in [-0.1, -0.05) is 37.5 Å². The molecular weight excluding hydrogens is 186 g/mol. The van der Waals surface area contributed by atoms with E-state index in [2.05, 4.69) is 11.4 Å². The molecule has 2 heteroatoms. The van der Waals surface area contributed by atoms with Crippen molar-refractivity contribution in [2.45, 2.75) is 37.6 Å². The molecule has 0 saturated heterocycles. The van der Waals surface area contributed by atoms with Crippen LogP contribution in [0.5, 0.6) is 0 Å². The molecule has 1 amide bonds. The summed E-state index contributed by atoms with van der Waals surface area (Å²) in [4.78, 5) is 11.8. The Bertz CT molecular complexity index is 405.